The van der Waals surface area contributed by atoms with Crippen LogP contribution in [0.5, 0.6) is 0 Å². The molecule has 0 aliphatic heterocycles. The van der Waals surface area contributed by atoms with Crippen LogP contribution >= 0.6 is 0 Å². The molecular weight excluding hydrogens is 354 g/mol. The number of carboxylic acids is 1. The van der Waals surface area contributed by atoms with Crippen LogP contribution in [-0.4, -0.2) is 29.3 Å². The van der Waals surface area contributed by atoms with Gasteiger partial charge in [0.25, 0.3) is 10.0 Å². The number of aryl methyl sites for hydroxylation is 2. The molecule has 4 rings (SSSR count). The zero-order valence-corrected chi connectivity index (χ0v) is 15.3. The highest BCUT2D eigenvalue weighted by Crippen LogP contribution is 2.43. The maximum absolute atomic E-state index is 13.1. The number of carbonyl (C=O) groups is 1. The maximum atomic E-state index is 13.1. The van der Waals surface area contributed by atoms with Gasteiger partial charge >= 0.3 is 5.97 Å². The SMILES string of the molecule is Cn1cc(NS(=O)(=O)c2cc(C(=O)O)cc3c2CCCC3)c(C2CC2)n1. The van der Waals surface area contributed by atoms with Crippen molar-refractivity contribution in [2.75, 3.05) is 4.72 Å². The third-order valence-electron chi connectivity index (χ3n) is 5.03. The van der Waals surface area contributed by atoms with E-state index >= 15 is 0 Å². The third kappa shape index (κ3) is 3.09. The monoisotopic (exact) mass is 375 g/mol. The Hall–Kier alpha value is -2.35. The minimum atomic E-state index is -3.89. The summed E-state index contributed by atoms with van der Waals surface area (Å²) < 4.78 is 30.5. The molecule has 0 bridgehead atoms. The summed E-state index contributed by atoms with van der Waals surface area (Å²) in [6.45, 7) is 0. The van der Waals surface area contributed by atoms with Crippen LogP contribution in [0.15, 0.2) is 23.2 Å². The van der Waals surface area contributed by atoms with Gasteiger partial charge in [0.05, 0.1) is 21.8 Å². The Morgan fingerprint density at radius 3 is 2.69 bits per heavy atom. The number of hydrogen-bond acceptors (Lipinski definition) is 4. The normalized spacial score (nSPS) is 17.0. The minimum Gasteiger partial charge on any atom is -0.478 e. The molecule has 138 valence electrons. The Balaban J connectivity index is 1.78. The predicted molar refractivity (Wildman–Crippen MR) is 96.0 cm³/mol. The summed E-state index contributed by atoms with van der Waals surface area (Å²) in [6.07, 6.45) is 6.89. The summed E-state index contributed by atoms with van der Waals surface area (Å²) in [7, 11) is -2.13. The van der Waals surface area contributed by atoms with Gasteiger partial charge in [-0.05, 0) is 61.8 Å². The molecule has 2 aliphatic rings. The number of rotatable bonds is 5. The van der Waals surface area contributed by atoms with E-state index in [0.717, 1.165) is 42.5 Å². The topological polar surface area (TPSA) is 101 Å². The second-order valence-corrected chi connectivity index (χ2v) is 8.76. The van der Waals surface area contributed by atoms with Crippen LogP contribution in [0.4, 0.5) is 5.69 Å². The van der Waals surface area contributed by atoms with Crippen LogP contribution in [-0.2, 0) is 29.9 Å². The fraction of sp³-hybridized carbons (Fsp3) is 0.444. The molecule has 1 aromatic carbocycles. The average molecular weight is 375 g/mol. The van der Waals surface area contributed by atoms with E-state index in [9.17, 15) is 18.3 Å². The molecule has 0 amide bonds. The molecule has 0 radical (unpaired) electrons. The van der Waals surface area contributed by atoms with Crippen molar-refractivity contribution in [3.8, 4) is 0 Å². The molecule has 0 spiro atoms. The van der Waals surface area contributed by atoms with E-state index in [1.54, 1.807) is 24.0 Å². The van der Waals surface area contributed by atoms with E-state index in [4.69, 9.17) is 0 Å². The number of hydrogen-bond donors (Lipinski definition) is 2. The number of anilines is 1. The van der Waals surface area contributed by atoms with Crippen LogP contribution in [0.3, 0.4) is 0 Å². The quantitative estimate of drug-likeness (QED) is 0.837. The van der Waals surface area contributed by atoms with Crippen LogP contribution in [0.1, 0.15) is 58.8 Å². The first-order chi connectivity index (χ1) is 12.3. The van der Waals surface area contributed by atoms with Gasteiger partial charge in [0.1, 0.15) is 0 Å². The van der Waals surface area contributed by atoms with Crippen molar-refractivity contribution in [2.45, 2.75) is 49.3 Å². The molecule has 1 heterocycles. The molecule has 7 nitrogen and oxygen atoms in total. The van der Waals surface area contributed by atoms with E-state index in [0.29, 0.717) is 24.4 Å². The average Bonchev–Trinajstić information content (AvgIpc) is 3.37. The number of aromatic nitrogens is 2. The first kappa shape index (κ1) is 17.1. The lowest BCUT2D eigenvalue weighted by Crippen LogP contribution is -2.19. The maximum Gasteiger partial charge on any atom is 0.335 e. The fourth-order valence-electron chi connectivity index (χ4n) is 3.63. The third-order valence-corrected chi connectivity index (χ3v) is 6.46. The lowest BCUT2D eigenvalue weighted by Gasteiger charge is -2.20. The Labute approximate surface area is 152 Å². The molecule has 0 atom stereocenters. The first-order valence-corrected chi connectivity index (χ1v) is 10.3. The van der Waals surface area contributed by atoms with Gasteiger partial charge in [-0.15, -0.1) is 0 Å². The number of nitrogens with zero attached hydrogens (tertiary/aromatic N) is 2. The number of nitrogens with one attached hydrogen (secondary N) is 1. The standard InChI is InChI=1S/C18H21N3O4S/c1-21-10-15(17(19-21)11-6-7-11)20-26(24,25)16-9-13(18(22)23)8-12-4-2-3-5-14(12)16/h8-11,20H,2-7H2,1H3,(H,22,23). The predicted octanol–water partition coefficient (Wildman–Crippen LogP) is 2.68. The highest BCUT2D eigenvalue weighted by atomic mass is 32.2. The molecule has 2 aromatic rings. The number of sulfonamides is 1. The van der Waals surface area contributed by atoms with Gasteiger partial charge in [-0.1, -0.05) is 0 Å². The zero-order valence-electron chi connectivity index (χ0n) is 14.5. The van der Waals surface area contributed by atoms with Crippen LogP contribution in [0.2, 0.25) is 0 Å². The highest BCUT2D eigenvalue weighted by molar-refractivity contribution is 7.92. The van der Waals surface area contributed by atoms with Crippen molar-refractivity contribution < 1.29 is 18.3 Å². The largest absolute Gasteiger partial charge is 0.478 e. The van der Waals surface area contributed by atoms with Crippen LogP contribution < -0.4 is 4.72 Å². The molecule has 0 unspecified atom stereocenters. The van der Waals surface area contributed by atoms with Gasteiger partial charge in [0.15, 0.2) is 0 Å². The molecular formula is C18H21N3O4S. The molecule has 2 N–H and O–H groups in total. The van der Waals surface area contributed by atoms with Gasteiger partial charge in [-0.25, -0.2) is 13.2 Å². The molecule has 1 aromatic heterocycles. The Bertz CT molecular complexity index is 990. The lowest BCUT2D eigenvalue weighted by atomic mass is 9.90. The zero-order chi connectivity index (χ0) is 18.5. The van der Waals surface area contributed by atoms with E-state index < -0.39 is 16.0 Å². The van der Waals surface area contributed by atoms with E-state index in [2.05, 4.69) is 9.82 Å². The van der Waals surface area contributed by atoms with E-state index in [1.807, 2.05) is 0 Å². The second kappa shape index (κ2) is 6.12. The molecule has 1 fully saturated rings. The minimum absolute atomic E-state index is 0.0135. The Morgan fingerprint density at radius 2 is 2.00 bits per heavy atom. The van der Waals surface area contributed by atoms with Crippen molar-refractivity contribution in [3.05, 3.63) is 40.7 Å². The summed E-state index contributed by atoms with van der Waals surface area (Å²) >= 11 is 0. The smallest absolute Gasteiger partial charge is 0.335 e. The van der Waals surface area contributed by atoms with E-state index in [-0.39, 0.29) is 10.5 Å². The van der Waals surface area contributed by atoms with Gasteiger partial charge in [-0.2, -0.15) is 5.10 Å². The number of fused-ring (bicyclic) bond motifs is 1. The summed E-state index contributed by atoms with van der Waals surface area (Å²) in [5.41, 5.74) is 2.83. The van der Waals surface area contributed by atoms with Crippen molar-refractivity contribution in [1.82, 2.24) is 9.78 Å². The fourth-order valence-corrected chi connectivity index (χ4v) is 5.03. The van der Waals surface area contributed by atoms with Gasteiger partial charge in [-0.3, -0.25) is 9.40 Å². The highest BCUT2D eigenvalue weighted by Gasteiger charge is 2.32. The van der Waals surface area contributed by atoms with E-state index in [1.165, 1.54) is 6.07 Å². The van der Waals surface area contributed by atoms with Crippen molar-refractivity contribution in [2.24, 2.45) is 7.05 Å². The summed E-state index contributed by atoms with van der Waals surface area (Å²) in [6, 6.07) is 2.89. The molecule has 26 heavy (non-hydrogen) atoms. The Morgan fingerprint density at radius 1 is 1.27 bits per heavy atom. The van der Waals surface area contributed by atoms with Crippen molar-refractivity contribution in [3.63, 3.8) is 0 Å². The number of carboxylic acid groups (broad SMARTS) is 1. The van der Waals surface area contributed by atoms with Gasteiger partial charge in [0.2, 0.25) is 0 Å². The van der Waals surface area contributed by atoms with Crippen LogP contribution in [0, 0.1) is 0 Å². The summed E-state index contributed by atoms with van der Waals surface area (Å²) in [5, 5.41) is 13.7. The second-order valence-electron chi connectivity index (χ2n) is 7.11. The van der Waals surface area contributed by atoms with Gasteiger partial charge < -0.3 is 5.11 Å². The Kier molecular flexibility index (Phi) is 4.02. The summed E-state index contributed by atoms with van der Waals surface area (Å²) in [4.78, 5) is 11.5. The molecule has 8 heteroatoms. The number of benzene rings is 1. The van der Waals surface area contributed by atoms with Crippen molar-refractivity contribution in [1.29, 1.82) is 0 Å². The van der Waals surface area contributed by atoms with Gasteiger partial charge in [0, 0.05) is 19.2 Å². The molecule has 0 saturated heterocycles. The molecule has 1 saturated carbocycles. The van der Waals surface area contributed by atoms with Crippen LogP contribution in [0.25, 0.3) is 0 Å². The first-order valence-electron chi connectivity index (χ1n) is 8.80. The number of aromatic carboxylic acids is 1. The molecule has 2 aliphatic carbocycles. The summed E-state index contributed by atoms with van der Waals surface area (Å²) in [5.74, 6) is -0.817. The lowest BCUT2D eigenvalue weighted by molar-refractivity contribution is 0.0696. The van der Waals surface area contributed by atoms with Crippen molar-refractivity contribution >= 4 is 21.7 Å².